The fraction of sp³-hybridized carbons (Fsp3) is 0.412. The zero-order chi connectivity index (χ0) is 17.6. The first-order chi connectivity index (χ1) is 12.2. The normalized spacial score (nSPS) is 16.0. The topological polar surface area (TPSA) is 63.5 Å². The molecule has 1 aliphatic rings. The van der Waals surface area contributed by atoms with Crippen LogP contribution >= 0.6 is 24.0 Å². The molecule has 142 valence electrons. The maximum absolute atomic E-state index is 12.8. The van der Waals surface area contributed by atoms with Crippen molar-refractivity contribution in [3.05, 3.63) is 48.0 Å². The lowest BCUT2D eigenvalue weighted by Gasteiger charge is -2.15. The number of alkyl halides is 2. The molecule has 3 rings (SSSR count). The van der Waals surface area contributed by atoms with E-state index < -0.39 is 6.55 Å². The van der Waals surface area contributed by atoms with Gasteiger partial charge in [-0.3, -0.25) is 4.57 Å². The Kier molecular flexibility index (Phi) is 7.61. The molecule has 0 aliphatic carbocycles. The summed E-state index contributed by atoms with van der Waals surface area (Å²) >= 11 is 0. The molecule has 0 bridgehead atoms. The fourth-order valence-corrected chi connectivity index (χ4v) is 2.71. The Bertz CT molecular complexity index is 712. The van der Waals surface area contributed by atoms with Gasteiger partial charge in [0.05, 0.1) is 6.54 Å². The molecule has 0 saturated heterocycles. The number of aromatic nitrogens is 2. The number of imidazole rings is 1. The number of fused-ring (bicyclic) bond motifs is 1. The van der Waals surface area contributed by atoms with E-state index in [2.05, 4.69) is 26.7 Å². The van der Waals surface area contributed by atoms with Crippen LogP contribution in [0.15, 0.2) is 41.7 Å². The van der Waals surface area contributed by atoms with Crippen LogP contribution in [0.25, 0.3) is 0 Å². The van der Waals surface area contributed by atoms with E-state index in [9.17, 15) is 8.78 Å². The zero-order valence-corrected chi connectivity index (χ0v) is 16.7. The highest BCUT2D eigenvalue weighted by Crippen LogP contribution is 2.27. The van der Waals surface area contributed by atoms with E-state index in [1.54, 1.807) is 0 Å². The van der Waals surface area contributed by atoms with Crippen molar-refractivity contribution >= 4 is 29.9 Å². The summed E-state index contributed by atoms with van der Waals surface area (Å²) < 4.78 is 32.4. The molecule has 9 heteroatoms. The third-order valence-corrected chi connectivity index (χ3v) is 3.89. The first kappa shape index (κ1) is 20.4. The minimum atomic E-state index is -2.62. The van der Waals surface area contributed by atoms with Crippen LogP contribution in [0.3, 0.4) is 0 Å². The summed E-state index contributed by atoms with van der Waals surface area (Å²) in [5, 5.41) is 6.30. The van der Waals surface area contributed by atoms with Gasteiger partial charge in [-0.15, -0.1) is 24.0 Å². The third kappa shape index (κ3) is 5.05. The van der Waals surface area contributed by atoms with Gasteiger partial charge < -0.3 is 15.4 Å². The van der Waals surface area contributed by atoms with Crippen molar-refractivity contribution in [1.82, 2.24) is 20.2 Å². The molecule has 0 saturated carbocycles. The van der Waals surface area contributed by atoms with Crippen molar-refractivity contribution in [3.8, 4) is 5.75 Å². The quantitative estimate of drug-likeness (QED) is 0.382. The van der Waals surface area contributed by atoms with Gasteiger partial charge in [-0.05, 0) is 18.6 Å². The Balaban J connectivity index is 0.00000243. The highest BCUT2D eigenvalue weighted by atomic mass is 127. The third-order valence-electron chi connectivity index (χ3n) is 3.89. The fourth-order valence-electron chi connectivity index (χ4n) is 2.71. The molecule has 0 amide bonds. The molecule has 0 radical (unpaired) electrons. The standard InChI is InChI=1S/C17H21F2N5O.HI/c1-2-20-17(23-11-15-21-7-8-24(15)16(18)19)22-10-13-9-12-5-3-4-6-14(12)25-13;/h3-8,13,16H,2,9-11H2,1H3,(H2,20,22,23);1H. The number of halogens is 3. The number of hydrogen-bond donors (Lipinski definition) is 2. The molecule has 1 aromatic carbocycles. The summed E-state index contributed by atoms with van der Waals surface area (Å²) in [6, 6.07) is 7.96. The van der Waals surface area contributed by atoms with Gasteiger partial charge >= 0.3 is 6.55 Å². The maximum Gasteiger partial charge on any atom is 0.319 e. The minimum absolute atomic E-state index is 0. The van der Waals surface area contributed by atoms with E-state index in [4.69, 9.17) is 4.74 Å². The first-order valence-corrected chi connectivity index (χ1v) is 8.24. The largest absolute Gasteiger partial charge is 0.488 e. The second kappa shape index (κ2) is 9.70. The van der Waals surface area contributed by atoms with E-state index in [1.807, 2.05) is 25.1 Å². The van der Waals surface area contributed by atoms with Crippen LogP contribution in [-0.2, 0) is 13.0 Å². The van der Waals surface area contributed by atoms with Gasteiger partial charge in [-0.2, -0.15) is 8.78 Å². The zero-order valence-electron chi connectivity index (χ0n) is 14.4. The lowest BCUT2D eigenvalue weighted by molar-refractivity contribution is 0.0671. The van der Waals surface area contributed by atoms with Crippen LogP contribution in [0.4, 0.5) is 8.78 Å². The summed E-state index contributed by atoms with van der Waals surface area (Å²) in [4.78, 5) is 8.26. The Morgan fingerprint density at radius 1 is 1.38 bits per heavy atom. The number of nitrogens with one attached hydrogen (secondary N) is 2. The number of nitrogens with zero attached hydrogens (tertiary/aromatic N) is 3. The van der Waals surface area contributed by atoms with Crippen LogP contribution < -0.4 is 15.4 Å². The summed E-state index contributed by atoms with van der Waals surface area (Å²) in [6.45, 7) is 0.635. The molecule has 6 nitrogen and oxygen atoms in total. The Morgan fingerprint density at radius 3 is 2.92 bits per heavy atom. The highest BCUT2D eigenvalue weighted by Gasteiger charge is 2.22. The average Bonchev–Trinajstić information content (AvgIpc) is 3.23. The number of ether oxygens (including phenoxy) is 1. The number of rotatable bonds is 6. The molecule has 1 atom stereocenters. The van der Waals surface area contributed by atoms with E-state index in [1.165, 1.54) is 18.0 Å². The molecular formula is C17H22F2IN5O. The van der Waals surface area contributed by atoms with Crippen molar-refractivity contribution < 1.29 is 13.5 Å². The molecular weight excluding hydrogens is 455 g/mol. The van der Waals surface area contributed by atoms with Gasteiger partial charge in [-0.1, -0.05) is 18.2 Å². The molecule has 1 aromatic heterocycles. The van der Waals surface area contributed by atoms with Crippen LogP contribution in [0.2, 0.25) is 0 Å². The van der Waals surface area contributed by atoms with Gasteiger partial charge in [0.15, 0.2) is 5.96 Å². The maximum atomic E-state index is 12.8. The summed E-state index contributed by atoms with van der Waals surface area (Å²) in [5.41, 5.74) is 1.19. The van der Waals surface area contributed by atoms with Gasteiger partial charge in [-0.25, -0.2) is 9.98 Å². The van der Waals surface area contributed by atoms with Crippen LogP contribution in [0, 0.1) is 0 Å². The lowest BCUT2D eigenvalue weighted by Crippen LogP contribution is -2.42. The SMILES string of the molecule is CCNC(=NCc1nccn1C(F)F)NCC1Cc2ccccc2O1.I. The predicted molar refractivity (Wildman–Crippen MR) is 106 cm³/mol. The second-order valence-electron chi connectivity index (χ2n) is 5.66. The number of aliphatic imine (C=N–C) groups is 1. The monoisotopic (exact) mass is 477 g/mol. The molecule has 2 aromatic rings. The summed E-state index contributed by atoms with van der Waals surface area (Å²) in [5.74, 6) is 1.68. The number of benzene rings is 1. The molecule has 2 N–H and O–H groups in total. The average molecular weight is 477 g/mol. The van der Waals surface area contributed by atoms with Crippen molar-refractivity contribution in [1.29, 1.82) is 0 Å². The lowest BCUT2D eigenvalue weighted by atomic mass is 10.1. The van der Waals surface area contributed by atoms with Gasteiger partial charge in [0.2, 0.25) is 0 Å². The molecule has 1 aliphatic heterocycles. The predicted octanol–water partition coefficient (Wildman–Crippen LogP) is 2.96. The summed E-state index contributed by atoms with van der Waals surface area (Å²) in [6.07, 6.45) is 3.45. The highest BCUT2D eigenvalue weighted by molar-refractivity contribution is 14.0. The summed E-state index contributed by atoms with van der Waals surface area (Å²) in [7, 11) is 0. The second-order valence-corrected chi connectivity index (χ2v) is 5.66. The Morgan fingerprint density at radius 2 is 2.19 bits per heavy atom. The van der Waals surface area contributed by atoms with Crippen LogP contribution in [-0.4, -0.2) is 34.7 Å². The Hall–Kier alpha value is -1.91. The number of guanidine groups is 1. The van der Waals surface area contributed by atoms with E-state index in [0.29, 0.717) is 19.0 Å². The number of para-hydroxylation sites is 1. The van der Waals surface area contributed by atoms with Crippen molar-refractivity contribution in [2.24, 2.45) is 4.99 Å². The molecule has 26 heavy (non-hydrogen) atoms. The van der Waals surface area contributed by atoms with Crippen LogP contribution in [0.5, 0.6) is 5.75 Å². The van der Waals surface area contributed by atoms with Crippen molar-refractivity contribution in [3.63, 3.8) is 0 Å². The molecule has 2 heterocycles. The number of hydrogen-bond acceptors (Lipinski definition) is 3. The van der Waals surface area contributed by atoms with Crippen LogP contribution in [0.1, 0.15) is 24.9 Å². The minimum Gasteiger partial charge on any atom is -0.488 e. The van der Waals surface area contributed by atoms with Crippen molar-refractivity contribution in [2.45, 2.75) is 32.5 Å². The van der Waals surface area contributed by atoms with Gasteiger partial charge in [0.25, 0.3) is 0 Å². The smallest absolute Gasteiger partial charge is 0.319 e. The van der Waals surface area contributed by atoms with E-state index >= 15 is 0 Å². The molecule has 0 fully saturated rings. The van der Waals surface area contributed by atoms with Gasteiger partial charge in [0, 0.05) is 25.4 Å². The van der Waals surface area contributed by atoms with Crippen molar-refractivity contribution in [2.75, 3.05) is 13.1 Å². The molecule has 0 spiro atoms. The Labute approximate surface area is 168 Å². The van der Waals surface area contributed by atoms with E-state index in [-0.39, 0.29) is 42.4 Å². The molecule has 1 unspecified atom stereocenters. The van der Waals surface area contributed by atoms with Gasteiger partial charge in [0.1, 0.15) is 24.2 Å². The van der Waals surface area contributed by atoms with E-state index in [0.717, 1.165) is 16.7 Å². The first-order valence-electron chi connectivity index (χ1n) is 8.24.